The molecule has 1 aromatic carbocycles. The average Bonchev–Trinajstić information content (AvgIpc) is 3.14. The van der Waals surface area contributed by atoms with Crippen LogP contribution in [0.15, 0.2) is 59.8 Å². The van der Waals surface area contributed by atoms with E-state index in [4.69, 9.17) is 10.5 Å². The fourth-order valence-corrected chi connectivity index (χ4v) is 5.22. The Labute approximate surface area is 217 Å². The van der Waals surface area contributed by atoms with Crippen molar-refractivity contribution in [3.63, 3.8) is 0 Å². The van der Waals surface area contributed by atoms with Crippen LogP contribution in [0, 0.1) is 5.92 Å². The summed E-state index contributed by atoms with van der Waals surface area (Å²) in [6.45, 7) is 7.05. The predicted octanol–water partition coefficient (Wildman–Crippen LogP) is 3.98. The third-order valence-corrected chi connectivity index (χ3v) is 8.14. The van der Waals surface area contributed by atoms with Crippen LogP contribution >= 0.6 is 0 Å². The van der Waals surface area contributed by atoms with E-state index in [2.05, 4.69) is 40.4 Å². The first-order chi connectivity index (χ1) is 17.5. The maximum Gasteiger partial charge on any atom is 0.281 e. The fraction of sp³-hybridized carbons (Fsp3) is 0.296. The number of aromatic nitrogens is 2. The number of benzene rings is 1. The Morgan fingerprint density at radius 2 is 1.86 bits per heavy atom. The third-order valence-electron chi connectivity index (χ3n) is 6.91. The summed E-state index contributed by atoms with van der Waals surface area (Å²) in [6.07, 6.45) is 6.31. The summed E-state index contributed by atoms with van der Waals surface area (Å²) in [5.41, 5.74) is 7.12. The van der Waals surface area contributed by atoms with Gasteiger partial charge in [0.25, 0.3) is 15.9 Å². The van der Waals surface area contributed by atoms with Crippen molar-refractivity contribution in [2.45, 2.75) is 37.8 Å². The number of hydrogen-bond acceptors (Lipinski definition) is 8. The molecule has 3 N–H and O–H groups in total. The van der Waals surface area contributed by atoms with Crippen LogP contribution in [0.25, 0.3) is 12.2 Å². The monoisotopic (exact) mass is 521 g/mol. The second kappa shape index (κ2) is 10.2. The molecular weight excluding hydrogens is 490 g/mol. The summed E-state index contributed by atoms with van der Waals surface area (Å²) >= 11 is 0. The molecule has 3 heterocycles. The van der Waals surface area contributed by atoms with Crippen molar-refractivity contribution in [1.29, 1.82) is 0 Å². The average molecular weight is 522 g/mol. The molecule has 1 aliphatic heterocycles. The Morgan fingerprint density at radius 3 is 2.49 bits per heavy atom. The van der Waals surface area contributed by atoms with Crippen molar-refractivity contribution >= 4 is 39.7 Å². The lowest BCUT2D eigenvalue weighted by Crippen LogP contribution is -2.43. The number of ether oxygens (including phenoxy) is 1. The van der Waals surface area contributed by atoms with Gasteiger partial charge in [-0.25, -0.2) is 14.7 Å². The first-order valence-electron chi connectivity index (χ1n) is 11.9. The number of hydrogen-bond donors (Lipinski definition) is 2. The number of anilines is 2. The van der Waals surface area contributed by atoms with Gasteiger partial charge in [-0.05, 0) is 67.6 Å². The molecule has 4 rings (SSSR count). The molecule has 194 valence electrons. The number of nitrogens with two attached hydrogens (primary N) is 1. The zero-order chi connectivity index (χ0) is 26.8. The van der Waals surface area contributed by atoms with Gasteiger partial charge >= 0.3 is 0 Å². The van der Waals surface area contributed by atoms with Crippen LogP contribution in [0.5, 0.6) is 5.75 Å². The summed E-state index contributed by atoms with van der Waals surface area (Å²) in [7, 11) is -2.64. The Bertz CT molecular complexity index is 1440. The van der Waals surface area contributed by atoms with Gasteiger partial charge in [0.2, 0.25) is 0 Å². The summed E-state index contributed by atoms with van der Waals surface area (Å²) < 4.78 is 33.2. The van der Waals surface area contributed by atoms with Crippen LogP contribution in [0.4, 0.5) is 11.6 Å². The summed E-state index contributed by atoms with van der Waals surface area (Å²) in [5.74, 6) is 0.794. The van der Waals surface area contributed by atoms with Crippen molar-refractivity contribution in [3.8, 4) is 5.75 Å². The standard InChI is InChI=1S/C27H31N5O4S/c1-18-14-15-32(27(18,2)3)25-22(26(33)31-37(34,35)24-7-5-6-23(28)30-24)16-20(17-29-25)9-8-19-10-12-21(36-4)13-11-19/h5-13,16-18H,14-15H2,1-4H3,(H2,28,30)(H,31,33)/b9-8+. The van der Waals surface area contributed by atoms with Crippen LogP contribution in [0.1, 0.15) is 48.7 Å². The van der Waals surface area contributed by atoms with Gasteiger partial charge in [0.15, 0.2) is 5.03 Å². The first-order valence-corrected chi connectivity index (χ1v) is 13.4. The van der Waals surface area contributed by atoms with E-state index >= 15 is 0 Å². The number of nitrogen functional groups attached to an aromatic ring is 1. The molecule has 2 aromatic heterocycles. The van der Waals surface area contributed by atoms with E-state index in [1.54, 1.807) is 19.4 Å². The molecule has 0 aliphatic carbocycles. The highest BCUT2D eigenvalue weighted by molar-refractivity contribution is 7.90. The van der Waals surface area contributed by atoms with Gasteiger partial charge in [-0.15, -0.1) is 0 Å². The largest absolute Gasteiger partial charge is 0.497 e. The molecule has 0 radical (unpaired) electrons. The lowest BCUT2D eigenvalue weighted by Gasteiger charge is -2.36. The SMILES string of the molecule is COc1ccc(/C=C/c2cnc(N3CCC(C)C3(C)C)c(C(=O)NS(=O)(=O)c3cccc(N)n3)c2)cc1. The second-order valence-electron chi connectivity index (χ2n) is 9.58. The van der Waals surface area contributed by atoms with Crippen LogP contribution in [-0.2, 0) is 10.0 Å². The Hall–Kier alpha value is -3.92. The van der Waals surface area contributed by atoms with Crippen LogP contribution in [0.2, 0.25) is 0 Å². The van der Waals surface area contributed by atoms with Crippen LogP contribution < -0.4 is 20.1 Å². The Kier molecular flexibility index (Phi) is 7.22. The number of sulfonamides is 1. The van der Waals surface area contributed by atoms with Gasteiger partial charge in [0.1, 0.15) is 17.4 Å². The molecule has 3 aromatic rings. The highest BCUT2D eigenvalue weighted by Gasteiger charge is 2.41. The topological polar surface area (TPSA) is 128 Å². The van der Waals surface area contributed by atoms with Crippen molar-refractivity contribution in [2.24, 2.45) is 5.92 Å². The summed E-state index contributed by atoms with van der Waals surface area (Å²) in [5, 5.41) is -0.332. The van der Waals surface area contributed by atoms with Gasteiger partial charge in [0, 0.05) is 18.3 Å². The molecule has 0 spiro atoms. The zero-order valence-corrected chi connectivity index (χ0v) is 22.1. The fourth-order valence-electron chi connectivity index (χ4n) is 4.27. The minimum atomic E-state index is -4.25. The maximum atomic E-state index is 13.4. The van der Waals surface area contributed by atoms with Crippen molar-refractivity contribution in [1.82, 2.24) is 14.7 Å². The maximum absolute atomic E-state index is 13.4. The van der Waals surface area contributed by atoms with E-state index in [1.807, 2.05) is 36.4 Å². The van der Waals surface area contributed by atoms with E-state index in [0.29, 0.717) is 23.8 Å². The molecule has 1 fully saturated rings. The van der Waals surface area contributed by atoms with Gasteiger partial charge in [-0.3, -0.25) is 4.79 Å². The van der Waals surface area contributed by atoms with Gasteiger partial charge < -0.3 is 15.4 Å². The minimum Gasteiger partial charge on any atom is -0.497 e. The van der Waals surface area contributed by atoms with E-state index in [9.17, 15) is 13.2 Å². The molecule has 1 amide bonds. The molecule has 10 heteroatoms. The van der Waals surface area contributed by atoms with Gasteiger partial charge in [0.05, 0.1) is 12.7 Å². The number of nitrogens with zero attached hydrogens (tertiary/aromatic N) is 3. The molecule has 1 saturated heterocycles. The smallest absolute Gasteiger partial charge is 0.281 e. The van der Waals surface area contributed by atoms with Crippen LogP contribution in [0.3, 0.4) is 0 Å². The number of nitrogens with one attached hydrogen (secondary N) is 1. The molecule has 37 heavy (non-hydrogen) atoms. The number of pyridine rings is 2. The van der Waals surface area contributed by atoms with Crippen molar-refractivity contribution < 1.29 is 17.9 Å². The van der Waals surface area contributed by atoms with Crippen LogP contribution in [-0.4, -0.2) is 43.5 Å². The van der Waals surface area contributed by atoms with E-state index in [1.165, 1.54) is 18.2 Å². The quantitative estimate of drug-likeness (QED) is 0.478. The number of carbonyl (C=O) groups excluding carboxylic acids is 1. The Morgan fingerprint density at radius 1 is 1.16 bits per heavy atom. The number of rotatable bonds is 7. The molecule has 1 atom stereocenters. The lowest BCUT2D eigenvalue weighted by atomic mass is 9.90. The molecule has 0 bridgehead atoms. The lowest BCUT2D eigenvalue weighted by molar-refractivity contribution is 0.0981. The molecule has 1 unspecified atom stereocenters. The normalized spacial score (nSPS) is 17.2. The van der Waals surface area contributed by atoms with E-state index in [0.717, 1.165) is 17.7 Å². The molecule has 0 saturated carbocycles. The number of carbonyl (C=O) groups is 1. The summed E-state index contributed by atoms with van der Waals surface area (Å²) in [4.78, 5) is 24.0. The minimum absolute atomic E-state index is 0.0381. The van der Waals surface area contributed by atoms with E-state index < -0.39 is 15.9 Å². The van der Waals surface area contributed by atoms with Crippen molar-refractivity contribution in [2.75, 3.05) is 24.3 Å². The number of amides is 1. The number of methoxy groups -OCH3 is 1. The Balaban J connectivity index is 1.71. The van der Waals surface area contributed by atoms with Crippen molar-refractivity contribution in [3.05, 3.63) is 71.4 Å². The highest BCUT2D eigenvalue weighted by Crippen LogP contribution is 2.38. The molecule has 1 aliphatic rings. The zero-order valence-electron chi connectivity index (χ0n) is 21.3. The molecular formula is C27H31N5O4S. The highest BCUT2D eigenvalue weighted by atomic mass is 32.2. The molecule has 9 nitrogen and oxygen atoms in total. The first kappa shape index (κ1) is 26.2. The summed E-state index contributed by atoms with van der Waals surface area (Å²) in [6, 6.07) is 13.4. The van der Waals surface area contributed by atoms with Gasteiger partial charge in [-0.1, -0.05) is 37.3 Å². The van der Waals surface area contributed by atoms with Gasteiger partial charge in [-0.2, -0.15) is 8.42 Å². The van der Waals surface area contributed by atoms with E-state index in [-0.39, 0.29) is 21.9 Å². The third kappa shape index (κ3) is 5.59. The second-order valence-corrected chi connectivity index (χ2v) is 11.2. The predicted molar refractivity (Wildman–Crippen MR) is 145 cm³/mol.